The monoisotopic (exact) mass is 391 g/mol. The number of benzene rings is 2. The van der Waals surface area contributed by atoms with Crippen molar-refractivity contribution in [3.8, 4) is 0 Å². The molecule has 1 amide bonds. The van der Waals surface area contributed by atoms with E-state index in [9.17, 15) is 4.79 Å². The summed E-state index contributed by atoms with van der Waals surface area (Å²) in [5.41, 5.74) is 3.23. The highest BCUT2D eigenvalue weighted by Crippen LogP contribution is 2.17. The molecule has 3 aromatic rings. The van der Waals surface area contributed by atoms with Crippen molar-refractivity contribution in [2.24, 2.45) is 0 Å². The van der Waals surface area contributed by atoms with Crippen LogP contribution in [0.15, 0.2) is 60.7 Å². The highest BCUT2D eigenvalue weighted by molar-refractivity contribution is 5.91. The molecule has 0 unspecified atom stereocenters. The normalized spacial score (nSPS) is 11.3. The summed E-state index contributed by atoms with van der Waals surface area (Å²) in [6, 6.07) is 18.1. The minimum atomic E-state index is -0.0461. The number of ether oxygens (including phenoxy) is 1. The standard InChI is InChI=1S/C24H29N3O2/c1-29-19-18-27-22-13-8-7-12-21(22)26-23(27)14-6-3-9-17-25-24(28)16-15-20-10-4-2-5-11-20/h2,4-5,7-8,10-13,15-16H,3,6,9,14,17-19H2,1H3,(H,25,28)/b16-15+. The molecule has 152 valence electrons. The molecule has 0 aliphatic rings. The maximum absolute atomic E-state index is 11.9. The van der Waals surface area contributed by atoms with Gasteiger partial charge in [0.25, 0.3) is 0 Å². The van der Waals surface area contributed by atoms with Gasteiger partial charge in [-0.1, -0.05) is 48.9 Å². The number of imidazole rings is 1. The first-order chi connectivity index (χ1) is 14.3. The second kappa shape index (κ2) is 11.2. The number of carbonyl (C=O) groups is 1. The molecule has 0 bridgehead atoms. The first-order valence-corrected chi connectivity index (χ1v) is 10.2. The third kappa shape index (κ3) is 6.29. The molecule has 0 fully saturated rings. The summed E-state index contributed by atoms with van der Waals surface area (Å²) in [5.74, 6) is 1.06. The number of nitrogens with zero attached hydrogens (tertiary/aromatic N) is 2. The van der Waals surface area contributed by atoms with E-state index in [4.69, 9.17) is 9.72 Å². The van der Waals surface area contributed by atoms with Crippen LogP contribution in [0.3, 0.4) is 0 Å². The molecule has 0 spiro atoms. The second-order valence-electron chi connectivity index (χ2n) is 7.01. The van der Waals surface area contributed by atoms with E-state index in [-0.39, 0.29) is 5.91 Å². The highest BCUT2D eigenvalue weighted by atomic mass is 16.5. The van der Waals surface area contributed by atoms with Gasteiger partial charge >= 0.3 is 0 Å². The van der Waals surface area contributed by atoms with Gasteiger partial charge in [0.15, 0.2) is 0 Å². The molecule has 2 aromatic carbocycles. The number of aryl methyl sites for hydroxylation is 1. The van der Waals surface area contributed by atoms with Crippen molar-refractivity contribution in [1.82, 2.24) is 14.9 Å². The average Bonchev–Trinajstić information content (AvgIpc) is 3.11. The van der Waals surface area contributed by atoms with Crippen LogP contribution < -0.4 is 5.32 Å². The van der Waals surface area contributed by atoms with Gasteiger partial charge in [0.05, 0.1) is 17.6 Å². The Morgan fingerprint density at radius 2 is 1.86 bits per heavy atom. The quantitative estimate of drug-likeness (QED) is 0.393. The lowest BCUT2D eigenvalue weighted by atomic mass is 10.2. The van der Waals surface area contributed by atoms with Gasteiger partial charge in [0, 0.05) is 32.7 Å². The van der Waals surface area contributed by atoms with E-state index < -0.39 is 0 Å². The van der Waals surface area contributed by atoms with Crippen LogP contribution in [-0.4, -0.2) is 35.7 Å². The number of unbranched alkanes of at least 4 members (excludes halogenated alkanes) is 2. The molecule has 29 heavy (non-hydrogen) atoms. The molecule has 0 saturated heterocycles. The molecule has 5 nitrogen and oxygen atoms in total. The van der Waals surface area contributed by atoms with E-state index in [0.29, 0.717) is 13.2 Å². The van der Waals surface area contributed by atoms with Crippen LogP contribution in [0.1, 0.15) is 30.7 Å². The van der Waals surface area contributed by atoms with E-state index in [1.165, 1.54) is 0 Å². The Bertz CT molecular complexity index is 932. The van der Waals surface area contributed by atoms with Gasteiger partial charge in [0.2, 0.25) is 5.91 Å². The highest BCUT2D eigenvalue weighted by Gasteiger charge is 2.09. The van der Waals surface area contributed by atoms with Crippen LogP contribution in [0.25, 0.3) is 17.1 Å². The molecule has 0 atom stereocenters. The summed E-state index contributed by atoms with van der Waals surface area (Å²) in [4.78, 5) is 16.7. The summed E-state index contributed by atoms with van der Waals surface area (Å²) in [6.07, 6.45) is 7.42. The minimum Gasteiger partial charge on any atom is -0.383 e. The van der Waals surface area contributed by atoms with Gasteiger partial charge in [-0.05, 0) is 36.6 Å². The zero-order chi connectivity index (χ0) is 20.3. The predicted molar refractivity (Wildman–Crippen MR) is 118 cm³/mol. The topological polar surface area (TPSA) is 56.1 Å². The first kappa shape index (κ1) is 20.8. The number of carbonyl (C=O) groups excluding carboxylic acids is 1. The molecule has 0 aliphatic heterocycles. The zero-order valence-corrected chi connectivity index (χ0v) is 17.0. The third-order valence-corrected chi connectivity index (χ3v) is 4.86. The molecule has 1 N–H and O–H groups in total. The SMILES string of the molecule is COCCn1c(CCCCCNC(=O)/C=C/c2ccccc2)nc2ccccc21. The van der Waals surface area contributed by atoms with Crippen LogP contribution >= 0.6 is 0 Å². The van der Waals surface area contributed by atoms with Gasteiger partial charge < -0.3 is 14.6 Å². The summed E-state index contributed by atoms with van der Waals surface area (Å²) >= 11 is 0. The van der Waals surface area contributed by atoms with E-state index in [1.54, 1.807) is 13.2 Å². The smallest absolute Gasteiger partial charge is 0.243 e. The number of rotatable bonds is 11. The van der Waals surface area contributed by atoms with E-state index in [0.717, 1.165) is 54.6 Å². The summed E-state index contributed by atoms with van der Waals surface area (Å²) < 4.78 is 7.51. The minimum absolute atomic E-state index is 0.0461. The Balaban J connectivity index is 1.40. The summed E-state index contributed by atoms with van der Waals surface area (Å²) in [6.45, 7) is 2.18. The van der Waals surface area contributed by atoms with Crippen LogP contribution in [0.4, 0.5) is 0 Å². The number of nitrogens with one attached hydrogen (secondary N) is 1. The van der Waals surface area contributed by atoms with E-state index >= 15 is 0 Å². The Morgan fingerprint density at radius 3 is 2.69 bits per heavy atom. The van der Waals surface area contributed by atoms with Crippen LogP contribution in [0, 0.1) is 0 Å². The van der Waals surface area contributed by atoms with Crippen LogP contribution in [-0.2, 0) is 22.5 Å². The fraction of sp³-hybridized carbons (Fsp3) is 0.333. The fourth-order valence-electron chi connectivity index (χ4n) is 3.34. The molecule has 1 heterocycles. The Kier molecular flexibility index (Phi) is 8.01. The predicted octanol–water partition coefficient (Wildman–Crippen LogP) is 4.23. The molecule has 5 heteroatoms. The van der Waals surface area contributed by atoms with Gasteiger partial charge in [-0.3, -0.25) is 4.79 Å². The molecule has 3 rings (SSSR count). The number of fused-ring (bicyclic) bond motifs is 1. The van der Waals surface area contributed by atoms with Crippen molar-refractivity contribution in [1.29, 1.82) is 0 Å². The Hall–Kier alpha value is -2.92. The Morgan fingerprint density at radius 1 is 1.07 bits per heavy atom. The van der Waals surface area contributed by atoms with Gasteiger partial charge in [-0.2, -0.15) is 0 Å². The maximum atomic E-state index is 11.9. The maximum Gasteiger partial charge on any atom is 0.243 e. The number of hydrogen-bond donors (Lipinski definition) is 1. The number of amides is 1. The molecule has 1 aromatic heterocycles. The molecule has 0 aliphatic carbocycles. The lowest BCUT2D eigenvalue weighted by Gasteiger charge is -2.08. The van der Waals surface area contributed by atoms with Gasteiger partial charge in [-0.15, -0.1) is 0 Å². The zero-order valence-electron chi connectivity index (χ0n) is 17.0. The second-order valence-corrected chi connectivity index (χ2v) is 7.01. The summed E-state index contributed by atoms with van der Waals surface area (Å²) in [7, 11) is 1.72. The van der Waals surface area contributed by atoms with Crippen LogP contribution in [0.2, 0.25) is 0 Å². The largest absolute Gasteiger partial charge is 0.383 e. The van der Waals surface area contributed by atoms with E-state index in [2.05, 4.69) is 22.0 Å². The van der Waals surface area contributed by atoms with Crippen molar-refractivity contribution in [2.45, 2.75) is 32.2 Å². The Labute approximate surface area is 172 Å². The lowest BCUT2D eigenvalue weighted by molar-refractivity contribution is -0.116. The van der Waals surface area contributed by atoms with Crippen LogP contribution in [0.5, 0.6) is 0 Å². The number of hydrogen-bond acceptors (Lipinski definition) is 3. The number of para-hydroxylation sites is 2. The van der Waals surface area contributed by atoms with Crippen molar-refractivity contribution < 1.29 is 9.53 Å². The van der Waals surface area contributed by atoms with Crippen molar-refractivity contribution in [3.05, 3.63) is 72.1 Å². The van der Waals surface area contributed by atoms with Crippen molar-refractivity contribution >= 4 is 23.0 Å². The van der Waals surface area contributed by atoms with Crippen molar-refractivity contribution in [3.63, 3.8) is 0 Å². The summed E-state index contributed by atoms with van der Waals surface area (Å²) in [5, 5.41) is 2.95. The fourth-order valence-corrected chi connectivity index (χ4v) is 3.34. The number of methoxy groups -OCH3 is 1. The number of aromatic nitrogens is 2. The molecule has 0 saturated carbocycles. The van der Waals surface area contributed by atoms with Gasteiger partial charge in [-0.25, -0.2) is 4.98 Å². The first-order valence-electron chi connectivity index (χ1n) is 10.2. The lowest BCUT2D eigenvalue weighted by Crippen LogP contribution is -2.22. The molecular formula is C24H29N3O2. The van der Waals surface area contributed by atoms with E-state index in [1.807, 2.05) is 48.5 Å². The average molecular weight is 392 g/mol. The molecule has 0 radical (unpaired) electrons. The molecular weight excluding hydrogens is 362 g/mol. The van der Waals surface area contributed by atoms with Crippen molar-refractivity contribution in [2.75, 3.05) is 20.3 Å². The third-order valence-electron chi connectivity index (χ3n) is 4.86. The van der Waals surface area contributed by atoms with Gasteiger partial charge in [0.1, 0.15) is 5.82 Å².